The zero-order chi connectivity index (χ0) is 14.3. The van der Waals surface area contributed by atoms with Gasteiger partial charge in [-0.1, -0.05) is 18.2 Å². The molecule has 0 aliphatic carbocycles. The standard InChI is InChI=1S/C9H9N.C4H8N2O2S/c1-10-7-6-8-4-2-3-5-9(8)10;1-3(7)5-9-6-4(2)8/h2-7H,1H3;1-2H3,(H,5,7)(H,6,8). The lowest BCUT2D eigenvalue weighted by atomic mass is 10.2. The number of hydrogen-bond acceptors (Lipinski definition) is 3. The third kappa shape index (κ3) is 5.48. The van der Waals surface area contributed by atoms with E-state index in [-0.39, 0.29) is 11.8 Å². The number of nitrogens with one attached hydrogen (secondary N) is 2. The molecule has 19 heavy (non-hydrogen) atoms. The number of carbonyl (C=O) groups is 2. The molecule has 6 heteroatoms. The van der Waals surface area contributed by atoms with Crippen molar-refractivity contribution in [3.05, 3.63) is 36.5 Å². The molecule has 102 valence electrons. The van der Waals surface area contributed by atoms with E-state index in [1.807, 2.05) is 0 Å². The van der Waals surface area contributed by atoms with Crippen LogP contribution in [0.1, 0.15) is 13.8 Å². The van der Waals surface area contributed by atoms with Crippen LogP contribution in [0.15, 0.2) is 36.5 Å². The number of hydrogen-bond donors (Lipinski definition) is 2. The van der Waals surface area contributed by atoms with Gasteiger partial charge in [0.2, 0.25) is 11.8 Å². The lowest BCUT2D eigenvalue weighted by molar-refractivity contribution is -0.117. The summed E-state index contributed by atoms with van der Waals surface area (Å²) in [5.41, 5.74) is 1.29. The summed E-state index contributed by atoms with van der Waals surface area (Å²) in [6.45, 7) is 2.74. The molecule has 0 aliphatic rings. The fourth-order valence-electron chi connectivity index (χ4n) is 1.39. The van der Waals surface area contributed by atoms with Crippen molar-refractivity contribution in [2.24, 2.45) is 7.05 Å². The van der Waals surface area contributed by atoms with Crippen LogP contribution in [0.5, 0.6) is 0 Å². The van der Waals surface area contributed by atoms with Crippen molar-refractivity contribution in [3.8, 4) is 0 Å². The highest BCUT2D eigenvalue weighted by Gasteiger charge is 1.92. The zero-order valence-corrected chi connectivity index (χ0v) is 12.0. The maximum atomic E-state index is 10.1. The molecule has 1 heterocycles. The van der Waals surface area contributed by atoms with Crippen molar-refractivity contribution in [2.75, 3.05) is 0 Å². The van der Waals surface area contributed by atoms with E-state index in [2.05, 4.69) is 57.6 Å². The predicted molar refractivity (Wildman–Crippen MR) is 78.1 cm³/mol. The zero-order valence-electron chi connectivity index (χ0n) is 11.1. The van der Waals surface area contributed by atoms with Crippen LogP contribution in [0, 0.1) is 0 Å². The van der Waals surface area contributed by atoms with Crippen molar-refractivity contribution in [1.29, 1.82) is 0 Å². The van der Waals surface area contributed by atoms with E-state index in [0.717, 1.165) is 12.1 Å². The van der Waals surface area contributed by atoms with Crippen molar-refractivity contribution in [2.45, 2.75) is 13.8 Å². The van der Waals surface area contributed by atoms with Gasteiger partial charge in [0.25, 0.3) is 0 Å². The molecule has 0 unspecified atom stereocenters. The summed E-state index contributed by atoms with van der Waals surface area (Å²) in [4.78, 5) is 20.3. The molecule has 0 bridgehead atoms. The van der Waals surface area contributed by atoms with Gasteiger partial charge in [0, 0.05) is 32.6 Å². The number of nitrogens with zero attached hydrogens (tertiary/aromatic N) is 1. The Labute approximate surface area is 116 Å². The number of benzene rings is 1. The minimum absolute atomic E-state index is 0.186. The fourth-order valence-corrected chi connectivity index (χ4v) is 1.73. The van der Waals surface area contributed by atoms with Crippen LogP contribution >= 0.6 is 12.1 Å². The normalized spacial score (nSPS) is 9.42. The number of aromatic nitrogens is 1. The van der Waals surface area contributed by atoms with Crippen LogP contribution in [-0.4, -0.2) is 16.4 Å². The van der Waals surface area contributed by atoms with Crippen LogP contribution in [0.25, 0.3) is 10.9 Å². The molecule has 0 radical (unpaired) electrons. The topological polar surface area (TPSA) is 63.1 Å². The number of fused-ring (bicyclic) bond motifs is 1. The molecule has 5 nitrogen and oxygen atoms in total. The first-order valence-electron chi connectivity index (χ1n) is 5.69. The minimum Gasteiger partial charge on any atom is -0.351 e. The van der Waals surface area contributed by atoms with E-state index in [1.165, 1.54) is 24.8 Å². The molecule has 2 N–H and O–H groups in total. The monoisotopic (exact) mass is 279 g/mol. The average molecular weight is 279 g/mol. The summed E-state index contributed by atoms with van der Waals surface area (Å²) in [5.74, 6) is -0.373. The molecular formula is C13H17N3O2S. The van der Waals surface area contributed by atoms with Gasteiger partial charge in [-0.2, -0.15) is 0 Å². The molecular weight excluding hydrogens is 262 g/mol. The number of rotatable bonds is 2. The Morgan fingerprint density at radius 2 is 1.63 bits per heavy atom. The molecule has 2 rings (SSSR count). The van der Waals surface area contributed by atoms with Crippen LogP contribution in [0.4, 0.5) is 0 Å². The molecule has 0 atom stereocenters. The van der Waals surface area contributed by atoms with E-state index in [4.69, 9.17) is 0 Å². The summed E-state index contributed by atoms with van der Waals surface area (Å²) in [5, 5.41) is 1.31. The lowest BCUT2D eigenvalue weighted by Gasteiger charge is -1.97. The van der Waals surface area contributed by atoms with Gasteiger partial charge in [-0.3, -0.25) is 19.0 Å². The molecule has 2 amide bonds. The second kappa shape index (κ2) is 7.48. The van der Waals surface area contributed by atoms with E-state index in [1.54, 1.807) is 0 Å². The van der Waals surface area contributed by atoms with Crippen LogP contribution in [-0.2, 0) is 16.6 Å². The van der Waals surface area contributed by atoms with Crippen molar-refractivity contribution < 1.29 is 9.59 Å². The minimum atomic E-state index is -0.186. The van der Waals surface area contributed by atoms with E-state index in [9.17, 15) is 9.59 Å². The molecule has 2 aromatic rings. The first-order valence-corrected chi connectivity index (χ1v) is 6.51. The number of para-hydroxylation sites is 1. The van der Waals surface area contributed by atoms with Gasteiger partial charge in [-0.15, -0.1) is 0 Å². The van der Waals surface area contributed by atoms with Crippen molar-refractivity contribution in [1.82, 2.24) is 14.0 Å². The Kier molecular flexibility index (Phi) is 5.95. The molecule has 0 saturated carbocycles. The number of aryl methyl sites for hydroxylation is 1. The highest BCUT2D eigenvalue weighted by molar-refractivity contribution is 7.96. The maximum absolute atomic E-state index is 10.1. The van der Waals surface area contributed by atoms with E-state index < -0.39 is 0 Å². The first kappa shape index (κ1) is 15.1. The van der Waals surface area contributed by atoms with E-state index >= 15 is 0 Å². The first-order chi connectivity index (χ1) is 9.00. The summed E-state index contributed by atoms with van der Waals surface area (Å²) in [6.07, 6.45) is 2.07. The van der Waals surface area contributed by atoms with Gasteiger partial charge < -0.3 is 4.57 Å². The highest BCUT2D eigenvalue weighted by atomic mass is 32.2. The van der Waals surface area contributed by atoms with Crippen LogP contribution in [0.2, 0.25) is 0 Å². The second-order valence-electron chi connectivity index (χ2n) is 3.90. The summed E-state index contributed by atoms with van der Waals surface area (Å²) < 4.78 is 6.77. The van der Waals surface area contributed by atoms with Crippen molar-refractivity contribution in [3.63, 3.8) is 0 Å². The fraction of sp³-hybridized carbons (Fsp3) is 0.231. The summed E-state index contributed by atoms with van der Waals surface area (Å²) in [7, 11) is 2.06. The molecule has 1 aromatic carbocycles. The molecule has 1 aromatic heterocycles. The quantitative estimate of drug-likeness (QED) is 0.826. The third-order valence-corrected chi connectivity index (χ3v) is 2.96. The molecule has 0 spiro atoms. The van der Waals surface area contributed by atoms with Gasteiger partial charge in [-0.05, 0) is 17.5 Å². The van der Waals surface area contributed by atoms with Crippen molar-refractivity contribution >= 4 is 34.9 Å². The Balaban J connectivity index is 0.000000192. The van der Waals surface area contributed by atoms with Gasteiger partial charge >= 0.3 is 0 Å². The number of carbonyl (C=O) groups excluding carboxylic acids is 2. The van der Waals surface area contributed by atoms with Gasteiger partial charge in [-0.25, -0.2) is 0 Å². The van der Waals surface area contributed by atoms with Crippen LogP contribution < -0.4 is 9.44 Å². The molecule has 0 aliphatic heterocycles. The van der Waals surface area contributed by atoms with Gasteiger partial charge in [0.05, 0.1) is 12.1 Å². The Morgan fingerprint density at radius 1 is 1.05 bits per heavy atom. The molecule has 0 fully saturated rings. The Bertz CT molecular complexity index is 552. The third-order valence-electron chi connectivity index (χ3n) is 2.18. The summed E-state index contributed by atoms with van der Waals surface area (Å²) >= 11 is 0.870. The van der Waals surface area contributed by atoms with Crippen LogP contribution in [0.3, 0.4) is 0 Å². The molecule has 0 saturated heterocycles. The summed E-state index contributed by atoms with van der Waals surface area (Å²) in [6, 6.07) is 10.5. The predicted octanol–water partition coefficient (Wildman–Crippen LogP) is 2.00. The second-order valence-corrected chi connectivity index (χ2v) is 4.52. The Morgan fingerprint density at radius 3 is 2.16 bits per heavy atom. The smallest absolute Gasteiger partial charge is 0.228 e. The number of amides is 2. The van der Waals surface area contributed by atoms with Gasteiger partial charge in [0.15, 0.2) is 0 Å². The maximum Gasteiger partial charge on any atom is 0.228 e. The highest BCUT2D eigenvalue weighted by Crippen LogP contribution is 2.12. The lowest BCUT2D eigenvalue weighted by Crippen LogP contribution is -2.20. The average Bonchev–Trinajstić information content (AvgIpc) is 2.72. The van der Waals surface area contributed by atoms with Gasteiger partial charge in [0.1, 0.15) is 0 Å². The largest absolute Gasteiger partial charge is 0.351 e. The SMILES string of the molecule is CC(=O)NSNC(C)=O.Cn1ccc2ccccc21. The van der Waals surface area contributed by atoms with E-state index in [0.29, 0.717) is 0 Å². The Hall–Kier alpha value is -1.95.